The molecule has 0 bridgehead atoms. The Morgan fingerprint density at radius 1 is 1.48 bits per heavy atom. The van der Waals surface area contributed by atoms with Crippen molar-refractivity contribution in [3.8, 4) is 11.5 Å². The summed E-state index contributed by atoms with van der Waals surface area (Å²) in [6, 6.07) is 4.92. The lowest BCUT2D eigenvalue weighted by Gasteiger charge is -2.26. The summed E-state index contributed by atoms with van der Waals surface area (Å²) < 4.78 is 10.4. The van der Waals surface area contributed by atoms with Gasteiger partial charge in [0, 0.05) is 31.7 Å². The number of methoxy groups -OCH3 is 1. The molecule has 8 heteroatoms. The van der Waals surface area contributed by atoms with Gasteiger partial charge in [0.25, 0.3) is 0 Å². The molecule has 1 aliphatic rings. The number of ether oxygens (including phenoxy) is 2. The van der Waals surface area contributed by atoms with Crippen molar-refractivity contribution in [2.45, 2.75) is 0 Å². The highest BCUT2D eigenvalue weighted by atomic mass is 32.1. The molecule has 1 fully saturated rings. The van der Waals surface area contributed by atoms with Gasteiger partial charge in [-0.15, -0.1) is 0 Å². The first-order valence-electron chi connectivity index (χ1n) is 7.43. The Hall–Kier alpha value is -1.90. The summed E-state index contributed by atoms with van der Waals surface area (Å²) in [7, 11) is 1.57. The minimum Gasteiger partial charge on any atom is -0.507 e. The molecule has 3 N–H and O–H groups in total. The van der Waals surface area contributed by atoms with Crippen LogP contribution in [0.15, 0.2) is 23.3 Å². The van der Waals surface area contributed by atoms with Gasteiger partial charge in [-0.2, -0.15) is 5.10 Å². The molecule has 0 radical (unpaired) electrons. The van der Waals surface area contributed by atoms with E-state index in [0.717, 1.165) is 39.4 Å². The van der Waals surface area contributed by atoms with Gasteiger partial charge >= 0.3 is 0 Å². The largest absolute Gasteiger partial charge is 0.507 e. The molecule has 0 aliphatic carbocycles. The van der Waals surface area contributed by atoms with E-state index < -0.39 is 0 Å². The van der Waals surface area contributed by atoms with Crippen molar-refractivity contribution in [3.63, 3.8) is 0 Å². The van der Waals surface area contributed by atoms with Crippen molar-refractivity contribution in [3.05, 3.63) is 23.8 Å². The smallest absolute Gasteiger partial charge is 0.187 e. The minimum absolute atomic E-state index is 0.127. The zero-order chi connectivity index (χ0) is 16.5. The number of hydrogen-bond acceptors (Lipinski definition) is 6. The molecule has 1 aromatic rings. The number of morpholine rings is 1. The molecule has 0 spiro atoms. The maximum atomic E-state index is 9.74. The van der Waals surface area contributed by atoms with Crippen LogP contribution >= 0.6 is 12.2 Å². The molecule has 1 heterocycles. The first kappa shape index (κ1) is 17.5. The van der Waals surface area contributed by atoms with Crippen molar-refractivity contribution >= 4 is 23.5 Å². The number of nitrogens with one attached hydrogen (secondary N) is 2. The fourth-order valence-electron chi connectivity index (χ4n) is 2.12. The van der Waals surface area contributed by atoms with Gasteiger partial charge in [0.05, 0.1) is 26.5 Å². The second kappa shape index (κ2) is 9.29. The van der Waals surface area contributed by atoms with Crippen molar-refractivity contribution in [2.24, 2.45) is 5.10 Å². The molecular formula is C15H22N4O3S. The summed E-state index contributed by atoms with van der Waals surface area (Å²) in [4.78, 5) is 2.32. The van der Waals surface area contributed by atoms with Gasteiger partial charge in [-0.25, -0.2) is 0 Å². The normalized spacial score (nSPS) is 15.5. The SMILES string of the molecule is COc1ccc(O)c(/C=N/NC(=S)NCCN2CCOCC2)c1. The van der Waals surface area contributed by atoms with Gasteiger partial charge in [0.1, 0.15) is 11.5 Å². The zero-order valence-corrected chi connectivity index (χ0v) is 13.9. The molecule has 1 aromatic carbocycles. The number of phenols is 1. The minimum atomic E-state index is 0.127. The molecule has 126 valence electrons. The molecule has 0 unspecified atom stereocenters. The van der Waals surface area contributed by atoms with Crippen LogP contribution in [0.1, 0.15) is 5.56 Å². The molecule has 1 saturated heterocycles. The fourth-order valence-corrected chi connectivity index (χ4v) is 2.27. The van der Waals surface area contributed by atoms with Crippen molar-refractivity contribution < 1.29 is 14.6 Å². The third-order valence-corrected chi connectivity index (χ3v) is 3.66. The Bertz CT molecular complexity index is 548. The molecule has 2 rings (SSSR count). The lowest BCUT2D eigenvalue weighted by Crippen LogP contribution is -2.42. The lowest BCUT2D eigenvalue weighted by molar-refractivity contribution is 0.0389. The maximum Gasteiger partial charge on any atom is 0.187 e. The highest BCUT2D eigenvalue weighted by molar-refractivity contribution is 7.80. The molecule has 7 nitrogen and oxygen atoms in total. The van der Waals surface area contributed by atoms with E-state index in [0.29, 0.717) is 16.4 Å². The number of hydrogen-bond donors (Lipinski definition) is 3. The van der Waals surface area contributed by atoms with E-state index in [2.05, 4.69) is 20.7 Å². The predicted molar refractivity (Wildman–Crippen MR) is 93.2 cm³/mol. The average molecular weight is 338 g/mol. The highest BCUT2D eigenvalue weighted by Crippen LogP contribution is 2.20. The van der Waals surface area contributed by atoms with E-state index in [1.165, 1.54) is 6.21 Å². The van der Waals surface area contributed by atoms with Crippen LogP contribution in [0.3, 0.4) is 0 Å². The first-order valence-corrected chi connectivity index (χ1v) is 7.84. The van der Waals surface area contributed by atoms with E-state index in [-0.39, 0.29) is 5.75 Å². The van der Waals surface area contributed by atoms with Crippen LogP contribution in [0, 0.1) is 0 Å². The molecular weight excluding hydrogens is 316 g/mol. The Kier molecular flexibility index (Phi) is 7.05. The Labute approximate surface area is 141 Å². The highest BCUT2D eigenvalue weighted by Gasteiger charge is 2.09. The number of thiocarbonyl (C=S) groups is 1. The third kappa shape index (κ3) is 6.01. The molecule has 0 amide bonds. The Morgan fingerprint density at radius 3 is 3.00 bits per heavy atom. The quantitative estimate of drug-likeness (QED) is 0.397. The number of rotatable bonds is 6. The number of hydrazone groups is 1. The van der Waals surface area contributed by atoms with Gasteiger partial charge in [-0.05, 0) is 30.4 Å². The van der Waals surface area contributed by atoms with Crippen LogP contribution < -0.4 is 15.5 Å². The summed E-state index contributed by atoms with van der Waals surface area (Å²) in [5.74, 6) is 0.776. The van der Waals surface area contributed by atoms with Crippen molar-refractivity contribution in [1.82, 2.24) is 15.6 Å². The number of nitrogens with zero attached hydrogens (tertiary/aromatic N) is 2. The van der Waals surface area contributed by atoms with E-state index in [4.69, 9.17) is 21.7 Å². The third-order valence-electron chi connectivity index (χ3n) is 3.42. The van der Waals surface area contributed by atoms with Gasteiger partial charge in [0.15, 0.2) is 5.11 Å². The average Bonchev–Trinajstić information content (AvgIpc) is 2.57. The molecule has 1 aliphatic heterocycles. The van der Waals surface area contributed by atoms with E-state index >= 15 is 0 Å². The van der Waals surface area contributed by atoms with E-state index in [1.807, 2.05) is 0 Å². The fraction of sp³-hybridized carbons (Fsp3) is 0.467. The van der Waals surface area contributed by atoms with Gasteiger partial charge in [-0.1, -0.05) is 0 Å². The van der Waals surface area contributed by atoms with Crippen LogP contribution in [0.25, 0.3) is 0 Å². The van der Waals surface area contributed by atoms with E-state index in [1.54, 1.807) is 25.3 Å². The molecule has 23 heavy (non-hydrogen) atoms. The standard InChI is InChI=1S/C15H22N4O3S/c1-21-13-2-3-14(20)12(10-13)11-17-18-15(23)16-4-5-19-6-8-22-9-7-19/h2-3,10-11,20H,4-9H2,1H3,(H2,16,18,23)/b17-11+. The maximum absolute atomic E-state index is 9.74. The van der Waals surface area contributed by atoms with Gasteiger partial charge < -0.3 is 19.9 Å². The summed E-state index contributed by atoms with van der Waals surface area (Å²) in [6.07, 6.45) is 1.49. The van der Waals surface area contributed by atoms with Crippen molar-refractivity contribution in [1.29, 1.82) is 0 Å². The number of benzene rings is 1. The second-order valence-electron chi connectivity index (χ2n) is 5.00. The van der Waals surface area contributed by atoms with Gasteiger partial charge in [0.2, 0.25) is 0 Å². The lowest BCUT2D eigenvalue weighted by atomic mass is 10.2. The van der Waals surface area contributed by atoms with E-state index in [9.17, 15) is 5.11 Å². The number of phenolic OH excluding ortho intramolecular Hbond substituents is 1. The van der Waals surface area contributed by atoms with Gasteiger partial charge in [-0.3, -0.25) is 10.3 Å². The topological polar surface area (TPSA) is 78.3 Å². The van der Waals surface area contributed by atoms with Crippen LogP contribution in [0.2, 0.25) is 0 Å². The molecule has 0 saturated carbocycles. The monoisotopic (exact) mass is 338 g/mol. The van der Waals surface area contributed by atoms with Crippen LogP contribution in [-0.4, -0.2) is 67.8 Å². The predicted octanol–water partition coefficient (Wildman–Crippen LogP) is 0.531. The summed E-state index contributed by atoms with van der Waals surface area (Å²) in [5.41, 5.74) is 3.28. The first-order chi connectivity index (χ1) is 11.2. The van der Waals surface area contributed by atoms with Crippen molar-refractivity contribution in [2.75, 3.05) is 46.5 Å². The second-order valence-corrected chi connectivity index (χ2v) is 5.41. The zero-order valence-electron chi connectivity index (χ0n) is 13.1. The molecule has 0 atom stereocenters. The summed E-state index contributed by atoms with van der Waals surface area (Å²) in [6.45, 7) is 5.13. The molecule has 0 aromatic heterocycles. The van der Waals surface area contributed by atoms with Crippen LogP contribution in [-0.2, 0) is 4.74 Å². The van der Waals surface area contributed by atoms with Crippen LogP contribution in [0.5, 0.6) is 11.5 Å². The summed E-state index contributed by atoms with van der Waals surface area (Å²) >= 11 is 5.15. The Balaban J connectivity index is 1.71. The number of aromatic hydroxyl groups is 1. The Morgan fingerprint density at radius 2 is 2.26 bits per heavy atom. The van der Waals surface area contributed by atoms with Crippen LogP contribution in [0.4, 0.5) is 0 Å². The summed E-state index contributed by atoms with van der Waals surface area (Å²) in [5, 5.41) is 17.3.